The van der Waals surface area contributed by atoms with Crippen LogP contribution in [0.5, 0.6) is 0 Å². The zero-order valence-corrected chi connectivity index (χ0v) is 21.2. The molecule has 11 nitrogen and oxygen atoms in total. The maximum atomic E-state index is 12.0. The van der Waals surface area contributed by atoms with Crippen molar-refractivity contribution in [1.82, 2.24) is 19.9 Å². The molecule has 0 bridgehead atoms. The number of anilines is 4. The monoisotopic (exact) mass is 507 g/mol. The molecule has 0 aromatic carbocycles. The molecule has 2 aromatic rings. The van der Waals surface area contributed by atoms with E-state index in [2.05, 4.69) is 30.5 Å². The van der Waals surface area contributed by atoms with Gasteiger partial charge in [0.05, 0.1) is 24.0 Å². The Bertz CT molecular complexity index is 1170. The van der Waals surface area contributed by atoms with Gasteiger partial charge in [-0.25, -0.2) is 9.97 Å². The van der Waals surface area contributed by atoms with Gasteiger partial charge in [0.2, 0.25) is 5.95 Å². The Balaban J connectivity index is 1.49. The molecule has 0 amide bonds. The summed E-state index contributed by atoms with van der Waals surface area (Å²) in [5.41, 5.74) is 2.24. The number of nitrogens with one attached hydrogen (secondary N) is 2. The predicted molar refractivity (Wildman–Crippen MR) is 141 cm³/mol. The topological polar surface area (TPSA) is 141 Å². The highest BCUT2D eigenvalue weighted by Crippen LogP contribution is 2.29. The molecule has 0 atom stereocenters. The number of Topliss-reactive ketones (excluding diaryl/α,β-unsaturated/α-hetero) is 1. The highest BCUT2D eigenvalue weighted by molar-refractivity contribution is 6.17. The molecule has 1 aliphatic carbocycles. The Labute approximate surface area is 216 Å². The normalized spacial score (nSPS) is 17.3. The first-order chi connectivity index (χ1) is 17.8. The predicted octanol–water partition coefficient (Wildman–Crippen LogP) is 2.74. The number of carbonyl (C=O) groups is 3. The fourth-order valence-electron chi connectivity index (χ4n) is 4.79. The zero-order chi connectivity index (χ0) is 26.4. The number of aliphatic carboxylic acids is 1. The molecule has 4 rings (SSSR count). The molecule has 196 valence electrons. The second kappa shape index (κ2) is 11.9. The van der Waals surface area contributed by atoms with Gasteiger partial charge < -0.3 is 20.6 Å². The molecular weight excluding hydrogens is 474 g/mol. The van der Waals surface area contributed by atoms with Crippen LogP contribution >= 0.6 is 0 Å². The number of pyridine rings is 1. The van der Waals surface area contributed by atoms with Gasteiger partial charge in [0, 0.05) is 44.0 Å². The molecule has 0 radical (unpaired) electrons. The molecule has 2 aliphatic rings. The number of hydrogen-bond acceptors (Lipinski definition) is 10. The third-order valence-corrected chi connectivity index (χ3v) is 6.87. The van der Waals surface area contributed by atoms with Gasteiger partial charge in [-0.15, -0.1) is 0 Å². The lowest BCUT2D eigenvalue weighted by molar-refractivity contribution is -0.138. The number of aldehydes is 1. The van der Waals surface area contributed by atoms with E-state index in [0.29, 0.717) is 48.1 Å². The van der Waals surface area contributed by atoms with Crippen molar-refractivity contribution < 1.29 is 19.5 Å². The molecule has 1 aliphatic heterocycles. The van der Waals surface area contributed by atoms with E-state index in [0.717, 1.165) is 44.5 Å². The molecule has 37 heavy (non-hydrogen) atoms. The van der Waals surface area contributed by atoms with Crippen LogP contribution in [0.25, 0.3) is 5.57 Å². The second-order valence-electron chi connectivity index (χ2n) is 9.48. The number of carbonyl (C=O) groups excluding carboxylic acids is 2. The Morgan fingerprint density at radius 1 is 1.08 bits per heavy atom. The summed E-state index contributed by atoms with van der Waals surface area (Å²) in [4.78, 5) is 52.1. The highest BCUT2D eigenvalue weighted by Gasteiger charge is 2.21. The number of ketones is 1. The summed E-state index contributed by atoms with van der Waals surface area (Å²) in [6.45, 7) is 6.01. The first-order valence-corrected chi connectivity index (χ1v) is 12.6. The third kappa shape index (κ3) is 6.67. The number of carboxylic acid groups (broad SMARTS) is 1. The van der Waals surface area contributed by atoms with Gasteiger partial charge in [0.15, 0.2) is 12.1 Å². The lowest BCUT2D eigenvalue weighted by Crippen LogP contribution is -2.48. The molecule has 3 N–H and O–H groups in total. The van der Waals surface area contributed by atoms with Gasteiger partial charge in [-0.05, 0) is 44.4 Å². The maximum absolute atomic E-state index is 12.0. The van der Waals surface area contributed by atoms with E-state index >= 15 is 0 Å². The minimum absolute atomic E-state index is 0.0614. The average molecular weight is 508 g/mol. The number of aromatic nitrogens is 3. The summed E-state index contributed by atoms with van der Waals surface area (Å²) < 4.78 is 0. The molecular formula is C26H33N7O4. The van der Waals surface area contributed by atoms with Crippen LogP contribution in [0.2, 0.25) is 0 Å². The van der Waals surface area contributed by atoms with E-state index in [1.165, 1.54) is 6.92 Å². The Hall–Kier alpha value is -3.86. The van der Waals surface area contributed by atoms with Crippen molar-refractivity contribution in [3.63, 3.8) is 0 Å². The average Bonchev–Trinajstić information content (AvgIpc) is 3.38. The van der Waals surface area contributed by atoms with Crippen LogP contribution in [-0.2, 0) is 14.4 Å². The summed E-state index contributed by atoms with van der Waals surface area (Å²) in [6, 6.07) is 4.09. The smallest absolute Gasteiger partial charge is 0.317 e. The summed E-state index contributed by atoms with van der Waals surface area (Å²) in [5, 5.41) is 15.6. The maximum Gasteiger partial charge on any atom is 0.317 e. The third-order valence-electron chi connectivity index (χ3n) is 6.87. The van der Waals surface area contributed by atoms with Crippen molar-refractivity contribution in [3.05, 3.63) is 35.7 Å². The van der Waals surface area contributed by atoms with Gasteiger partial charge in [-0.3, -0.25) is 19.3 Å². The summed E-state index contributed by atoms with van der Waals surface area (Å²) >= 11 is 0. The van der Waals surface area contributed by atoms with E-state index in [9.17, 15) is 14.4 Å². The molecule has 1 saturated heterocycles. The van der Waals surface area contributed by atoms with Crippen molar-refractivity contribution >= 4 is 46.9 Å². The van der Waals surface area contributed by atoms with Crippen LogP contribution < -0.4 is 15.5 Å². The minimum Gasteiger partial charge on any atom is -0.480 e. The van der Waals surface area contributed by atoms with Gasteiger partial charge >= 0.3 is 5.97 Å². The first kappa shape index (κ1) is 26.2. The van der Waals surface area contributed by atoms with Crippen molar-refractivity contribution in [3.8, 4) is 0 Å². The van der Waals surface area contributed by atoms with Crippen LogP contribution in [0, 0.1) is 0 Å². The molecule has 0 spiro atoms. The van der Waals surface area contributed by atoms with Crippen LogP contribution in [0.15, 0.2) is 30.1 Å². The minimum atomic E-state index is -0.809. The Kier molecular flexibility index (Phi) is 8.44. The number of allylic oxidation sites excluding steroid dienone is 2. The highest BCUT2D eigenvalue weighted by atomic mass is 16.4. The fourth-order valence-corrected chi connectivity index (χ4v) is 4.79. The first-order valence-electron chi connectivity index (χ1n) is 12.6. The standard InChI is InChI=1S/C26H33N7O4/c1-17(22(16-34)18(2)35)21-14-28-26(31-25(21)29-19-5-3-4-6-19)30-23-8-7-20(13-27-23)33-11-9-32(10-12-33)15-24(36)37/h7-8,13-14,16,19H,3-6,9-12,15H2,1-2H3,(H,36,37)(H2,27,28,29,30,31)/b22-17+. The molecule has 2 fully saturated rings. The van der Waals surface area contributed by atoms with Crippen LogP contribution in [0.1, 0.15) is 45.1 Å². The van der Waals surface area contributed by atoms with Crippen LogP contribution in [-0.4, -0.2) is 81.8 Å². The molecule has 11 heteroatoms. The Morgan fingerprint density at radius 3 is 2.41 bits per heavy atom. The number of carboxylic acids is 1. The number of rotatable bonds is 10. The molecule has 0 unspecified atom stereocenters. The summed E-state index contributed by atoms with van der Waals surface area (Å²) in [7, 11) is 0. The van der Waals surface area contributed by atoms with E-state index in [1.807, 2.05) is 17.0 Å². The number of hydrogen-bond donors (Lipinski definition) is 3. The van der Waals surface area contributed by atoms with E-state index in [4.69, 9.17) is 5.11 Å². The van der Waals surface area contributed by atoms with E-state index < -0.39 is 5.97 Å². The van der Waals surface area contributed by atoms with E-state index in [-0.39, 0.29) is 23.9 Å². The summed E-state index contributed by atoms with van der Waals surface area (Å²) in [6.07, 6.45) is 8.36. The fraction of sp³-hybridized carbons (Fsp3) is 0.462. The van der Waals surface area contributed by atoms with Gasteiger partial charge in [0.1, 0.15) is 11.6 Å². The largest absolute Gasteiger partial charge is 0.480 e. The second-order valence-corrected chi connectivity index (χ2v) is 9.48. The lowest BCUT2D eigenvalue weighted by atomic mass is 10.0. The quantitative estimate of drug-likeness (QED) is 0.189. The van der Waals surface area contributed by atoms with Crippen molar-refractivity contribution in [2.24, 2.45) is 0 Å². The van der Waals surface area contributed by atoms with Crippen molar-refractivity contribution in [1.29, 1.82) is 0 Å². The number of nitrogens with zero attached hydrogens (tertiary/aromatic N) is 5. The number of piperazine rings is 1. The zero-order valence-electron chi connectivity index (χ0n) is 21.2. The Morgan fingerprint density at radius 2 is 1.81 bits per heavy atom. The van der Waals surface area contributed by atoms with Gasteiger partial charge in [0.25, 0.3) is 0 Å². The van der Waals surface area contributed by atoms with Crippen LogP contribution in [0.3, 0.4) is 0 Å². The van der Waals surface area contributed by atoms with Gasteiger partial charge in [-0.1, -0.05) is 12.8 Å². The lowest BCUT2D eigenvalue weighted by Gasteiger charge is -2.35. The molecule has 3 heterocycles. The molecule has 2 aromatic heterocycles. The summed E-state index contributed by atoms with van der Waals surface area (Å²) in [5.74, 6) is 0.413. The molecule has 1 saturated carbocycles. The van der Waals surface area contributed by atoms with E-state index in [1.54, 1.807) is 19.3 Å². The van der Waals surface area contributed by atoms with Crippen molar-refractivity contribution in [2.45, 2.75) is 45.6 Å². The van der Waals surface area contributed by atoms with Crippen LogP contribution in [0.4, 0.5) is 23.3 Å². The van der Waals surface area contributed by atoms with Crippen molar-refractivity contribution in [2.75, 3.05) is 48.3 Å². The SMILES string of the molecule is CC(=O)/C(C=O)=C(\C)c1cnc(Nc2ccc(N3CCN(CC(=O)O)CC3)cn2)nc1NC1CCCC1. The van der Waals surface area contributed by atoms with Gasteiger partial charge in [-0.2, -0.15) is 4.98 Å².